The maximum atomic E-state index is 5.83. The molecular weight excluding hydrogens is 248 g/mol. The molecule has 0 radical (unpaired) electrons. The molecular formula is C17H34N2O. The zero-order chi connectivity index (χ0) is 14.3. The third-order valence-corrected chi connectivity index (χ3v) is 5.19. The fourth-order valence-corrected chi connectivity index (χ4v) is 3.98. The average Bonchev–Trinajstić information content (AvgIpc) is 2.75. The van der Waals surface area contributed by atoms with Crippen molar-refractivity contribution in [2.24, 2.45) is 5.41 Å². The molecule has 0 bridgehead atoms. The largest absolute Gasteiger partial charge is 0.381 e. The smallest absolute Gasteiger partial charge is 0.0546 e. The van der Waals surface area contributed by atoms with Crippen molar-refractivity contribution in [1.29, 1.82) is 0 Å². The minimum absolute atomic E-state index is 0.343. The van der Waals surface area contributed by atoms with Crippen molar-refractivity contribution in [3.8, 4) is 0 Å². The molecule has 2 fully saturated rings. The molecule has 0 amide bonds. The SMILES string of the molecule is CCNCC1(CN(C)C2CCCCCC2)CCCOC1. The highest BCUT2D eigenvalue weighted by Crippen LogP contribution is 2.31. The normalized spacial score (nSPS) is 29.6. The molecule has 0 aromatic heterocycles. The first-order chi connectivity index (χ1) is 9.76. The summed E-state index contributed by atoms with van der Waals surface area (Å²) in [6, 6.07) is 0.804. The van der Waals surface area contributed by atoms with Gasteiger partial charge in [-0.15, -0.1) is 0 Å². The first-order valence-electron chi connectivity index (χ1n) is 8.74. The Bertz CT molecular complexity index is 256. The van der Waals surface area contributed by atoms with E-state index in [1.807, 2.05) is 0 Å². The lowest BCUT2D eigenvalue weighted by Gasteiger charge is -2.42. The molecule has 2 rings (SSSR count). The van der Waals surface area contributed by atoms with Crippen LogP contribution in [0.5, 0.6) is 0 Å². The summed E-state index contributed by atoms with van der Waals surface area (Å²) >= 11 is 0. The quantitative estimate of drug-likeness (QED) is 0.758. The predicted octanol–water partition coefficient (Wildman–Crippen LogP) is 3.05. The van der Waals surface area contributed by atoms with Crippen LogP contribution in [0.25, 0.3) is 0 Å². The first kappa shape index (κ1) is 16.3. The highest BCUT2D eigenvalue weighted by Gasteiger charge is 2.35. The van der Waals surface area contributed by atoms with Crippen molar-refractivity contribution in [1.82, 2.24) is 10.2 Å². The molecule has 1 saturated heterocycles. The summed E-state index contributed by atoms with van der Waals surface area (Å²) in [6.45, 7) is 7.48. The number of rotatable bonds is 6. The number of ether oxygens (including phenoxy) is 1. The van der Waals surface area contributed by atoms with Crippen molar-refractivity contribution >= 4 is 0 Å². The maximum absolute atomic E-state index is 5.83. The summed E-state index contributed by atoms with van der Waals surface area (Å²) in [5.74, 6) is 0. The van der Waals surface area contributed by atoms with E-state index in [-0.39, 0.29) is 0 Å². The van der Waals surface area contributed by atoms with Gasteiger partial charge in [0.25, 0.3) is 0 Å². The molecule has 1 aliphatic heterocycles. The topological polar surface area (TPSA) is 24.5 Å². The second-order valence-electron chi connectivity index (χ2n) is 7.00. The number of hydrogen-bond acceptors (Lipinski definition) is 3. The molecule has 0 aromatic carbocycles. The van der Waals surface area contributed by atoms with Crippen LogP contribution in [0.15, 0.2) is 0 Å². The standard InChI is InChI=1S/C17H34N2O/c1-3-18-13-17(11-8-12-20-15-17)14-19(2)16-9-6-4-5-7-10-16/h16,18H,3-15H2,1-2H3. The number of hydrogen-bond donors (Lipinski definition) is 1. The van der Waals surface area contributed by atoms with E-state index in [2.05, 4.69) is 24.2 Å². The third kappa shape index (κ3) is 4.71. The van der Waals surface area contributed by atoms with E-state index >= 15 is 0 Å². The van der Waals surface area contributed by atoms with Gasteiger partial charge >= 0.3 is 0 Å². The molecule has 3 heteroatoms. The third-order valence-electron chi connectivity index (χ3n) is 5.19. The average molecular weight is 282 g/mol. The maximum Gasteiger partial charge on any atom is 0.0546 e. The Hall–Kier alpha value is -0.120. The molecule has 1 N–H and O–H groups in total. The molecule has 0 spiro atoms. The molecule has 0 aromatic rings. The molecule has 1 unspecified atom stereocenters. The van der Waals surface area contributed by atoms with E-state index < -0.39 is 0 Å². The fraction of sp³-hybridized carbons (Fsp3) is 1.00. The van der Waals surface area contributed by atoms with Gasteiger partial charge in [-0.1, -0.05) is 32.6 Å². The van der Waals surface area contributed by atoms with Crippen LogP contribution >= 0.6 is 0 Å². The minimum atomic E-state index is 0.343. The van der Waals surface area contributed by atoms with E-state index in [1.54, 1.807) is 0 Å². The Labute approximate surface area is 125 Å². The highest BCUT2D eigenvalue weighted by atomic mass is 16.5. The molecule has 1 saturated carbocycles. The number of nitrogens with zero attached hydrogens (tertiary/aromatic N) is 1. The number of nitrogens with one attached hydrogen (secondary N) is 1. The minimum Gasteiger partial charge on any atom is -0.381 e. The van der Waals surface area contributed by atoms with Crippen molar-refractivity contribution in [3.05, 3.63) is 0 Å². The Morgan fingerprint density at radius 1 is 1.15 bits per heavy atom. The van der Waals surface area contributed by atoms with Crippen LogP contribution in [0.1, 0.15) is 58.3 Å². The second-order valence-corrected chi connectivity index (χ2v) is 7.00. The van der Waals surface area contributed by atoms with E-state index in [1.165, 1.54) is 57.9 Å². The van der Waals surface area contributed by atoms with Crippen LogP contribution in [0.4, 0.5) is 0 Å². The highest BCUT2D eigenvalue weighted by molar-refractivity contribution is 4.88. The Morgan fingerprint density at radius 3 is 2.50 bits per heavy atom. The van der Waals surface area contributed by atoms with Crippen molar-refractivity contribution in [2.45, 2.75) is 64.3 Å². The van der Waals surface area contributed by atoms with Gasteiger partial charge in [-0.3, -0.25) is 0 Å². The summed E-state index contributed by atoms with van der Waals surface area (Å²) in [7, 11) is 2.35. The van der Waals surface area contributed by atoms with Crippen LogP contribution < -0.4 is 5.32 Å². The molecule has 1 aliphatic carbocycles. The molecule has 2 aliphatic rings. The summed E-state index contributed by atoms with van der Waals surface area (Å²) in [5.41, 5.74) is 0.343. The lowest BCUT2D eigenvalue weighted by molar-refractivity contribution is -0.0289. The molecule has 3 nitrogen and oxygen atoms in total. The second kappa shape index (κ2) is 8.35. The molecule has 20 heavy (non-hydrogen) atoms. The predicted molar refractivity (Wildman–Crippen MR) is 85.1 cm³/mol. The van der Waals surface area contributed by atoms with Crippen molar-refractivity contribution in [2.75, 3.05) is 39.9 Å². The summed E-state index contributed by atoms with van der Waals surface area (Å²) in [6.07, 6.45) is 11.1. The van der Waals surface area contributed by atoms with Crippen LogP contribution in [0, 0.1) is 5.41 Å². The van der Waals surface area contributed by atoms with Gasteiger partial charge in [-0.05, 0) is 39.3 Å². The molecule has 1 atom stereocenters. The Kier molecular flexibility index (Phi) is 6.79. The van der Waals surface area contributed by atoms with Crippen LogP contribution in [-0.4, -0.2) is 50.8 Å². The van der Waals surface area contributed by atoms with Crippen molar-refractivity contribution in [3.63, 3.8) is 0 Å². The summed E-state index contributed by atoms with van der Waals surface area (Å²) in [4.78, 5) is 2.65. The zero-order valence-corrected chi connectivity index (χ0v) is 13.6. The Balaban J connectivity index is 1.91. The van der Waals surface area contributed by atoms with Crippen molar-refractivity contribution < 1.29 is 4.74 Å². The van der Waals surface area contributed by atoms with Crippen LogP contribution in [0.3, 0.4) is 0 Å². The van der Waals surface area contributed by atoms with Gasteiger partial charge in [0.15, 0.2) is 0 Å². The van der Waals surface area contributed by atoms with Gasteiger partial charge in [0, 0.05) is 31.2 Å². The van der Waals surface area contributed by atoms with Gasteiger partial charge in [-0.25, -0.2) is 0 Å². The van der Waals surface area contributed by atoms with E-state index in [4.69, 9.17) is 4.74 Å². The summed E-state index contributed by atoms with van der Waals surface area (Å²) < 4.78 is 5.83. The zero-order valence-electron chi connectivity index (χ0n) is 13.6. The van der Waals surface area contributed by atoms with E-state index in [9.17, 15) is 0 Å². The lowest BCUT2D eigenvalue weighted by atomic mass is 9.81. The molecule has 118 valence electrons. The van der Waals surface area contributed by atoms with E-state index in [0.717, 1.165) is 32.3 Å². The summed E-state index contributed by atoms with van der Waals surface area (Å²) in [5, 5.41) is 3.57. The van der Waals surface area contributed by atoms with Crippen LogP contribution in [0.2, 0.25) is 0 Å². The van der Waals surface area contributed by atoms with Crippen LogP contribution in [-0.2, 0) is 4.74 Å². The monoisotopic (exact) mass is 282 g/mol. The van der Waals surface area contributed by atoms with E-state index in [0.29, 0.717) is 5.41 Å². The van der Waals surface area contributed by atoms with Gasteiger partial charge in [0.2, 0.25) is 0 Å². The molecule has 1 heterocycles. The van der Waals surface area contributed by atoms with Gasteiger partial charge < -0.3 is 15.0 Å². The van der Waals surface area contributed by atoms with Gasteiger partial charge in [0.05, 0.1) is 6.61 Å². The first-order valence-corrected chi connectivity index (χ1v) is 8.74. The Morgan fingerprint density at radius 2 is 1.90 bits per heavy atom. The lowest BCUT2D eigenvalue weighted by Crippen LogP contribution is -2.50. The fourth-order valence-electron chi connectivity index (χ4n) is 3.98. The van der Waals surface area contributed by atoms with Gasteiger partial charge in [-0.2, -0.15) is 0 Å². The van der Waals surface area contributed by atoms with Gasteiger partial charge in [0.1, 0.15) is 0 Å².